The highest BCUT2D eigenvalue weighted by Crippen LogP contribution is 2.49. The van der Waals surface area contributed by atoms with Crippen LogP contribution in [0.2, 0.25) is 0 Å². The fraction of sp³-hybridized carbons (Fsp3) is 0.562. The van der Waals surface area contributed by atoms with Crippen LogP contribution in [-0.4, -0.2) is 13.0 Å². The molecule has 2 saturated carbocycles. The molecule has 0 radical (unpaired) electrons. The van der Waals surface area contributed by atoms with E-state index >= 15 is 0 Å². The number of rotatable bonds is 3. The quantitative estimate of drug-likeness (QED) is 0.847. The first-order valence-electron chi connectivity index (χ1n) is 7.25. The Hall–Kier alpha value is -1.51. The monoisotopic (exact) mass is 258 g/mol. The number of nitrogen functional groups attached to an aromatic ring is 1. The summed E-state index contributed by atoms with van der Waals surface area (Å²) in [6.45, 7) is 0. The number of carbonyl (C=O) groups is 1. The molecule has 2 fully saturated rings. The lowest BCUT2D eigenvalue weighted by Crippen LogP contribution is -2.29. The number of fused-ring (bicyclic) bond motifs is 2. The molecule has 3 rings (SSSR count). The molecular formula is C16H22N2O. The molecule has 0 heterocycles. The molecule has 0 aromatic heterocycles. The number of amides is 1. The number of nitrogens with zero attached hydrogens (tertiary/aromatic N) is 1. The molecular weight excluding hydrogens is 236 g/mol. The summed E-state index contributed by atoms with van der Waals surface area (Å²) < 4.78 is 0. The van der Waals surface area contributed by atoms with Crippen LogP contribution in [-0.2, 0) is 4.79 Å². The van der Waals surface area contributed by atoms with Crippen molar-refractivity contribution < 1.29 is 4.79 Å². The molecule has 3 unspecified atom stereocenters. The maximum atomic E-state index is 12.4. The van der Waals surface area contributed by atoms with Gasteiger partial charge in [-0.3, -0.25) is 4.79 Å². The van der Waals surface area contributed by atoms with Gasteiger partial charge in [-0.2, -0.15) is 0 Å². The van der Waals surface area contributed by atoms with Crippen LogP contribution >= 0.6 is 0 Å². The molecule has 2 N–H and O–H groups in total. The van der Waals surface area contributed by atoms with Gasteiger partial charge in [0.1, 0.15) is 0 Å². The summed E-state index contributed by atoms with van der Waals surface area (Å²) >= 11 is 0. The van der Waals surface area contributed by atoms with E-state index in [-0.39, 0.29) is 5.91 Å². The zero-order chi connectivity index (χ0) is 13.4. The van der Waals surface area contributed by atoms with Crippen molar-refractivity contribution in [1.82, 2.24) is 0 Å². The Balaban J connectivity index is 1.64. The number of benzene rings is 1. The minimum Gasteiger partial charge on any atom is -0.399 e. The van der Waals surface area contributed by atoms with Gasteiger partial charge in [0.05, 0.1) is 0 Å². The number of hydrogen-bond acceptors (Lipinski definition) is 2. The van der Waals surface area contributed by atoms with E-state index in [0.717, 1.165) is 17.5 Å². The van der Waals surface area contributed by atoms with Crippen molar-refractivity contribution in [2.75, 3.05) is 17.7 Å². The molecule has 3 heteroatoms. The highest BCUT2D eigenvalue weighted by atomic mass is 16.2. The van der Waals surface area contributed by atoms with Gasteiger partial charge in [0.25, 0.3) is 0 Å². The van der Waals surface area contributed by atoms with E-state index in [0.29, 0.717) is 18.0 Å². The minimum absolute atomic E-state index is 0.225. The van der Waals surface area contributed by atoms with Crippen LogP contribution in [0.25, 0.3) is 0 Å². The first-order chi connectivity index (χ1) is 9.13. The van der Waals surface area contributed by atoms with Crippen molar-refractivity contribution in [3.63, 3.8) is 0 Å². The second-order valence-electron chi connectivity index (χ2n) is 6.19. The largest absolute Gasteiger partial charge is 0.399 e. The van der Waals surface area contributed by atoms with Crippen molar-refractivity contribution in [2.24, 2.45) is 17.8 Å². The number of anilines is 2. The average Bonchev–Trinajstić information content (AvgIpc) is 3.00. The maximum absolute atomic E-state index is 12.4. The van der Waals surface area contributed by atoms with Crippen LogP contribution in [0.15, 0.2) is 24.3 Å². The van der Waals surface area contributed by atoms with E-state index in [2.05, 4.69) is 0 Å². The van der Waals surface area contributed by atoms with Crippen molar-refractivity contribution in [3.8, 4) is 0 Å². The Labute approximate surface area is 114 Å². The van der Waals surface area contributed by atoms with Crippen molar-refractivity contribution in [3.05, 3.63) is 24.3 Å². The highest BCUT2D eigenvalue weighted by Gasteiger charge is 2.40. The van der Waals surface area contributed by atoms with Crippen LogP contribution in [0.4, 0.5) is 11.4 Å². The van der Waals surface area contributed by atoms with Gasteiger partial charge in [0.15, 0.2) is 0 Å². The number of hydrogen-bond donors (Lipinski definition) is 1. The average molecular weight is 258 g/mol. The molecule has 19 heavy (non-hydrogen) atoms. The maximum Gasteiger partial charge on any atom is 0.227 e. The van der Waals surface area contributed by atoms with Gasteiger partial charge in [0, 0.05) is 24.8 Å². The van der Waals surface area contributed by atoms with Gasteiger partial charge in [-0.1, -0.05) is 12.5 Å². The third-order valence-corrected chi connectivity index (χ3v) is 4.95. The third-order valence-electron chi connectivity index (χ3n) is 4.95. The topological polar surface area (TPSA) is 46.3 Å². The summed E-state index contributed by atoms with van der Waals surface area (Å²) in [6, 6.07) is 7.54. The molecule has 1 aromatic carbocycles. The van der Waals surface area contributed by atoms with Crippen LogP contribution in [0, 0.1) is 17.8 Å². The van der Waals surface area contributed by atoms with Crippen molar-refractivity contribution >= 4 is 17.3 Å². The second-order valence-corrected chi connectivity index (χ2v) is 6.19. The first kappa shape index (κ1) is 12.5. The zero-order valence-corrected chi connectivity index (χ0v) is 11.5. The summed E-state index contributed by atoms with van der Waals surface area (Å²) in [5.74, 6) is 2.56. The Kier molecular flexibility index (Phi) is 3.21. The molecule has 2 bridgehead atoms. The summed E-state index contributed by atoms with van der Waals surface area (Å²) in [4.78, 5) is 14.1. The standard InChI is InChI=1S/C16H22N2O/c1-18(15-4-2-3-14(17)10-15)16(19)9-13-8-11-5-6-12(13)7-11/h2-4,10-13H,5-9,17H2,1H3. The minimum atomic E-state index is 0.225. The summed E-state index contributed by atoms with van der Waals surface area (Å²) in [7, 11) is 1.85. The molecule has 2 aliphatic carbocycles. The van der Waals surface area contributed by atoms with Crippen LogP contribution in [0.3, 0.4) is 0 Å². The number of carbonyl (C=O) groups excluding carboxylic acids is 1. The second kappa shape index (κ2) is 4.87. The predicted molar refractivity (Wildman–Crippen MR) is 77.8 cm³/mol. The van der Waals surface area contributed by atoms with E-state index < -0.39 is 0 Å². The lowest BCUT2D eigenvalue weighted by molar-refractivity contribution is -0.119. The lowest BCUT2D eigenvalue weighted by atomic mass is 9.86. The normalized spacial score (nSPS) is 28.6. The molecule has 0 aliphatic heterocycles. The predicted octanol–water partition coefficient (Wildman–Crippen LogP) is 3.06. The molecule has 3 nitrogen and oxygen atoms in total. The molecule has 3 atom stereocenters. The van der Waals surface area contributed by atoms with E-state index in [1.54, 1.807) is 4.90 Å². The molecule has 0 saturated heterocycles. The van der Waals surface area contributed by atoms with E-state index in [1.807, 2.05) is 31.3 Å². The van der Waals surface area contributed by atoms with Gasteiger partial charge >= 0.3 is 0 Å². The van der Waals surface area contributed by atoms with Gasteiger partial charge in [-0.05, 0) is 55.2 Å². The Morgan fingerprint density at radius 2 is 2.21 bits per heavy atom. The van der Waals surface area contributed by atoms with Gasteiger partial charge in [-0.25, -0.2) is 0 Å². The highest BCUT2D eigenvalue weighted by molar-refractivity contribution is 5.93. The smallest absolute Gasteiger partial charge is 0.227 e. The third kappa shape index (κ3) is 2.46. The van der Waals surface area contributed by atoms with E-state index in [9.17, 15) is 4.79 Å². The summed E-state index contributed by atoms with van der Waals surface area (Å²) in [6.07, 6.45) is 6.05. The van der Waals surface area contributed by atoms with E-state index in [1.165, 1.54) is 25.7 Å². The summed E-state index contributed by atoms with van der Waals surface area (Å²) in [5, 5.41) is 0. The van der Waals surface area contributed by atoms with Gasteiger partial charge < -0.3 is 10.6 Å². The fourth-order valence-corrected chi connectivity index (χ4v) is 3.87. The van der Waals surface area contributed by atoms with Gasteiger partial charge in [0.2, 0.25) is 5.91 Å². The molecule has 1 amide bonds. The van der Waals surface area contributed by atoms with Crippen LogP contribution in [0.1, 0.15) is 32.1 Å². The molecule has 0 spiro atoms. The Morgan fingerprint density at radius 1 is 1.37 bits per heavy atom. The van der Waals surface area contributed by atoms with Crippen molar-refractivity contribution in [1.29, 1.82) is 0 Å². The summed E-state index contributed by atoms with van der Waals surface area (Å²) in [5.41, 5.74) is 7.37. The zero-order valence-electron chi connectivity index (χ0n) is 11.5. The molecule has 2 aliphatic rings. The van der Waals surface area contributed by atoms with Crippen LogP contribution in [0.5, 0.6) is 0 Å². The van der Waals surface area contributed by atoms with Crippen LogP contribution < -0.4 is 10.6 Å². The Morgan fingerprint density at radius 3 is 2.84 bits per heavy atom. The van der Waals surface area contributed by atoms with Crippen molar-refractivity contribution in [2.45, 2.75) is 32.1 Å². The molecule has 102 valence electrons. The van der Waals surface area contributed by atoms with E-state index in [4.69, 9.17) is 5.73 Å². The van der Waals surface area contributed by atoms with Gasteiger partial charge in [-0.15, -0.1) is 0 Å². The first-order valence-corrected chi connectivity index (χ1v) is 7.25. The molecule has 1 aromatic rings. The Bertz CT molecular complexity index is 485. The SMILES string of the molecule is CN(C(=O)CC1CC2CCC1C2)c1cccc(N)c1. The fourth-order valence-electron chi connectivity index (χ4n) is 3.87. The lowest BCUT2D eigenvalue weighted by Gasteiger charge is -2.24. The number of nitrogens with two attached hydrogens (primary N) is 1.